The summed E-state index contributed by atoms with van der Waals surface area (Å²) in [5.74, 6) is -0.0599. The second kappa shape index (κ2) is 7.64. The van der Waals surface area contributed by atoms with Crippen molar-refractivity contribution >= 4 is 23.1 Å². The molecular formula is C23H21N3O2. The molecule has 28 heavy (non-hydrogen) atoms. The van der Waals surface area contributed by atoms with Crippen molar-refractivity contribution in [1.29, 1.82) is 0 Å². The maximum Gasteiger partial charge on any atom is 0.272 e. The number of nitrogens with one attached hydrogen (secondary N) is 1. The molecular weight excluding hydrogens is 350 g/mol. The molecule has 5 nitrogen and oxygen atoms in total. The van der Waals surface area contributed by atoms with Crippen LogP contribution in [-0.2, 0) is 13.0 Å². The summed E-state index contributed by atoms with van der Waals surface area (Å²) in [5.41, 5.74) is 5.10. The highest BCUT2D eigenvalue weighted by molar-refractivity contribution is 5.95. The van der Waals surface area contributed by atoms with Crippen LogP contribution in [0.15, 0.2) is 66.9 Å². The number of hydrogen-bond acceptors (Lipinski definition) is 4. The summed E-state index contributed by atoms with van der Waals surface area (Å²) >= 11 is 0. The zero-order chi connectivity index (χ0) is 19.5. The van der Waals surface area contributed by atoms with Crippen LogP contribution in [0.5, 0.6) is 0 Å². The molecule has 0 unspecified atom stereocenters. The Morgan fingerprint density at radius 3 is 2.57 bits per heavy atom. The summed E-state index contributed by atoms with van der Waals surface area (Å²) in [6.45, 7) is 2.84. The van der Waals surface area contributed by atoms with E-state index in [1.54, 1.807) is 31.3 Å². The van der Waals surface area contributed by atoms with Crippen molar-refractivity contribution in [3.8, 4) is 0 Å². The number of pyridine rings is 1. The molecule has 0 aliphatic carbocycles. The molecule has 2 heterocycles. The van der Waals surface area contributed by atoms with Gasteiger partial charge in [0, 0.05) is 36.2 Å². The normalized spacial score (nSPS) is 13.0. The van der Waals surface area contributed by atoms with Crippen molar-refractivity contribution in [2.45, 2.75) is 19.9 Å². The van der Waals surface area contributed by atoms with Gasteiger partial charge in [0.2, 0.25) is 0 Å². The van der Waals surface area contributed by atoms with Gasteiger partial charge in [-0.25, -0.2) is 0 Å². The molecule has 0 radical (unpaired) electrons. The lowest BCUT2D eigenvalue weighted by Gasteiger charge is -2.28. The number of fused-ring (bicyclic) bond motifs is 1. The molecule has 0 fully saturated rings. The molecule has 1 aliphatic heterocycles. The minimum absolute atomic E-state index is 0.0135. The molecule has 1 aromatic heterocycles. The van der Waals surface area contributed by atoms with Crippen LogP contribution in [0.4, 0.5) is 11.4 Å². The van der Waals surface area contributed by atoms with Crippen LogP contribution in [0.2, 0.25) is 0 Å². The fraction of sp³-hybridized carbons (Fsp3) is 0.174. The molecule has 0 spiro atoms. The van der Waals surface area contributed by atoms with Crippen molar-refractivity contribution in [2.75, 3.05) is 11.9 Å². The molecule has 1 N–H and O–H groups in total. The average molecular weight is 371 g/mol. The van der Waals surface area contributed by atoms with Crippen molar-refractivity contribution in [1.82, 2.24) is 9.88 Å². The zero-order valence-corrected chi connectivity index (χ0v) is 15.7. The van der Waals surface area contributed by atoms with Gasteiger partial charge in [-0.05, 0) is 48.7 Å². The van der Waals surface area contributed by atoms with Crippen molar-refractivity contribution in [3.63, 3.8) is 0 Å². The minimum Gasteiger partial charge on any atom is -0.355 e. The number of rotatable bonds is 4. The summed E-state index contributed by atoms with van der Waals surface area (Å²) in [7, 11) is 0. The molecule has 4 rings (SSSR count). The van der Waals surface area contributed by atoms with Crippen LogP contribution < -0.4 is 5.32 Å². The van der Waals surface area contributed by atoms with E-state index in [1.165, 1.54) is 11.1 Å². The van der Waals surface area contributed by atoms with E-state index in [0.717, 1.165) is 17.8 Å². The first-order valence-electron chi connectivity index (χ1n) is 9.30. The van der Waals surface area contributed by atoms with Gasteiger partial charge < -0.3 is 10.2 Å². The van der Waals surface area contributed by atoms with E-state index in [4.69, 9.17) is 0 Å². The first-order valence-corrected chi connectivity index (χ1v) is 9.30. The van der Waals surface area contributed by atoms with Crippen LogP contribution in [0.1, 0.15) is 38.9 Å². The predicted molar refractivity (Wildman–Crippen MR) is 109 cm³/mol. The monoisotopic (exact) mass is 371 g/mol. The molecule has 3 aromatic rings. The Labute approximate surface area is 164 Å². The number of nitrogens with zero attached hydrogens (tertiary/aromatic N) is 2. The first kappa shape index (κ1) is 17.9. The number of carbonyl (C=O) groups is 2. The Balaban J connectivity index is 1.52. The Morgan fingerprint density at radius 1 is 0.964 bits per heavy atom. The maximum atomic E-state index is 12.9. The third-order valence-corrected chi connectivity index (χ3v) is 4.95. The van der Waals surface area contributed by atoms with E-state index in [2.05, 4.69) is 22.4 Å². The van der Waals surface area contributed by atoms with E-state index in [-0.39, 0.29) is 11.7 Å². The average Bonchev–Trinajstić information content (AvgIpc) is 2.73. The van der Waals surface area contributed by atoms with Gasteiger partial charge in [-0.15, -0.1) is 0 Å². The van der Waals surface area contributed by atoms with Crippen molar-refractivity contribution in [3.05, 3.63) is 89.2 Å². The van der Waals surface area contributed by atoms with E-state index >= 15 is 0 Å². The van der Waals surface area contributed by atoms with E-state index in [9.17, 15) is 9.59 Å². The maximum absolute atomic E-state index is 12.9. The molecule has 0 saturated carbocycles. The topological polar surface area (TPSA) is 62.3 Å². The van der Waals surface area contributed by atoms with Crippen LogP contribution in [0.3, 0.4) is 0 Å². The van der Waals surface area contributed by atoms with Gasteiger partial charge in [0.05, 0.1) is 0 Å². The van der Waals surface area contributed by atoms with Crippen LogP contribution >= 0.6 is 0 Å². The fourth-order valence-corrected chi connectivity index (χ4v) is 3.44. The summed E-state index contributed by atoms with van der Waals surface area (Å²) in [4.78, 5) is 30.6. The van der Waals surface area contributed by atoms with E-state index in [0.29, 0.717) is 24.3 Å². The van der Waals surface area contributed by atoms with Gasteiger partial charge in [0.15, 0.2) is 5.78 Å². The van der Waals surface area contributed by atoms with Gasteiger partial charge in [0.1, 0.15) is 5.69 Å². The number of carbonyl (C=O) groups excluding carboxylic acids is 2. The lowest BCUT2D eigenvalue weighted by atomic mass is 10.00. The summed E-state index contributed by atoms with van der Waals surface area (Å²) in [5, 5.41) is 3.25. The highest BCUT2D eigenvalue weighted by Gasteiger charge is 2.22. The summed E-state index contributed by atoms with van der Waals surface area (Å²) < 4.78 is 0. The Kier molecular flexibility index (Phi) is 4.89. The summed E-state index contributed by atoms with van der Waals surface area (Å²) in [6.07, 6.45) is 2.49. The third-order valence-electron chi connectivity index (χ3n) is 4.95. The van der Waals surface area contributed by atoms with Crippen molar-refractivity contribution in [2.24, 2.45) is 0 Å². The lowest BCUT2D eigenvalue weighted by molar-refractivity contribution is 0.0728. The van der Waals surface area contributed by atoms with Gasteiger partial charge in [-0.2, -0.15) is 0 Å². The number of benzene rings is 2. The second-order valence-electron chi connectivity index (χ2n) is 6.94. The van der Waals surface area contributed by atoms with Gasteiger partial charge in [-0.3, -0.25) is 14.6 Å². The highest BCUT2D eigenvalue weighted by atomic mass is 16.2. The van der Waals surface area contributed by atoms with Crippen LogP contribution in [0.25, 0.3) is 0 Å². The first-order chi connectivity index (χ1) is 13.6. The number of amides is 1. The number of ketones is 1. The van der Waals surface area contributed by atoms with E-state index < -0.39 is 0 Å². The largest absolute Gasteiger partial charge is 0.355 e. The Bertz CT molecular complexity index is 1050. The molecule has 5 heteroatoms. The molecule has 0 bridgehead atoms. The number of hydrogen-bond donors (Lipinski definition) is 1. The fourth-order valence-electron chi connectivity index (χ4n) is 3.44. The standard InChI is InChI=1S/C23H21N3O2/c1-16(27)18-7-4-8-20(13-18)25-21-9-11-24-22(14-21)23(28)26-12-10-17-5-2-3-6-19(17)15-26/h2-9,11,13-14H,10,12,15H2,1H3,(H,24,25). The molecule has 0 saturated heterocycles. The summed E-state index contributed by atoms with van der Waals surface area (Å²) in [6, 6.07) is 19.1. The Hall–Kier alpha value is -3.47. The minimum atomic E-state index is -0.0735. The van der Waals surface area contributed by atoms with Crippen LogP contribution in [0, 0.1) is 0 Å². The van der Waals surface area contributed by atoms with Gasteiger partial charge in [0.25, 0.3) is 5.91 Å². The number of Topliss-reactive ketones (excluding diaryl/α,β-unsaturated/α-hetero) is 1. The molecule has 1 aliphatic rings. The SMILES string of the molecule is CC(=O)c1cccc(Nc2ccnc(C(=O)N3CCc4ccccc4C3)c2)c1. The number of anilines is 2. The predicted octanol–water partition coefficient (Wildman–Crippen LogP) is 4.23. The van der Waals surface area contributed by atoms with Crippen LogP contribution in [-0.4, -0.2) is 28.1 Å². The number of aromatic nitrogens is 1. The molecule has 1 amide bonds. The zero-order valence-electron chi connectivity index (χ0n) is 15.7. The quantitative estimate of drug-likeness (QED) is 0.697. The highest BCUT2D eigenvalue weighted by Crippen LogP contribution is 2.22. The van der Waals surface area contributed by atoms with Crippen molar-refractivity contribution < 1.29 is 9.59 Å². The van der Waals surface area contributed by atoms with Gasteiger partial charge >= 0.3 is 0 Å². The Morgan fingerprint density at radius 2 is 1.75 bits per heavy atom. The lowest BCUT2D eigenvalue weighted by Crippen LogP contribution is -2.36. The molecule has 140 valence electrons. The molecule has 0 atom stereocenters. The molecule has 2 aromatic carbocycles. The van der Waals surface area contributed by atoms with Gasteiger partial charge in [-0.1, -0.05) is 36.4 Å². The second-order valence-corrected chi connectivity index (χ2v) is 6.94. The van der Waals surface area contributed by atoms with E-state index in [1.807, 2.05) is 35.2 Å². The smallest absolute Gasteiger partial charge is 0.272 e. The third kappa shape index (κ3) is 3.78.